The third kappa shape index (κ3) is 3.60. The smallest absolute Gasteiger partial charge is 0.397 e. The predicted molar refractivity (Wildman–Crippen MR) is 79.4 cm³/mol. The lowest BCUT2D eigenvalue weighted by atomic mass is 10.0. The first kappa shape index (κ1) is 15.5. The molecule has 1 aliphatic heterocycles. The molecule has 3 N–H and O–H groups in total. The van der Waals surface area contributed by atoms with E-state index >= 15 is 0 Å². The molecule has 1 aliphatic rings. The minimum absolute atomic E-state index is 0.140. The van der Waals surface area contributed by atoms with Gasteiger partial charge in [-0.15, -0.1) is 0 Å². The van der Waals surface area contributed by atoms with Crippen LogP contribution in [-0.4, -0.2) is 36.3 Å². The van der Waals surface area contributed by atoms with Crippen LogP contribution in [0.25, 0.3) is 0 Å². The van der Waals surface area contributed by atoms with Gasteiger partial charge in [0.05, 0.1) is 18.4 Å². The number of nitrogens with one attached hydrogen (secondary N) is 3. The van der Waals surface area contributed by atoms with E-state index in [0.29, 0.717) is 11.4 Å². The van der Waals surface area contributed by atoms with Gasteiger partial charge in [0.2, 0.25) is 0 Å². The molecule has 1 aromatic rings. The van der Waals surface area contributed by atoms with Crippen LogP contribution in [0, 0.1) is 0 Å². The molecule has 1 aromatic carbocycles. The molecule has 0 spiro atoms. The van der Waals surface area contributed by atoms with E-state index in [-0.39, 0.29) is 18.7 Å². The van der Waals surface area contributed by atoms with Gasteiger partial charge >= 0.3 is 17.9 Å². The average molecular weight is 304 g/mol. The van der Waals surface area contributed by atoms with Crippen LogP contribution in [0.2, 0.25) is 0 Å². The average Bonchev–Trinajstić information content (AvgIpc) is 2.48. The van der Waals surface area contributed by atoms with Gasteiger partial charge < -0.3 is 15.4 Å². The second-order valence-electron chi connectivity index (χ2n) is 4.56. The maximum Gasteiger partial charge on any atom is 0.397 e. The van der Waals surface area contributed by atoms with E-state index in [1.54, 1.807) is 31.2 Å². The van der Waals surface area contributed by atoms with Gasteiger partial charge in [-0.1, -0.05) is 12.1 Å². The van der Waals surface area contributed by atoms with E-state index in [2.05, 4.69) is 25.9 Å². The van der Waals surface area contributed by atoms with Crippen molar-refractivity contribution >= 4 is 29.3 Å². The number of benzene rings is 1. The molecule has 2 rings (SSSR count). The van der Waals surface area contributed by atoms with Crippen molar-refractivity contribution in [2.24, 2.45) is 5.10 Å². The SMILES string of the molecule is CCOC(=O)C(=O)Nc1ccc(C2=NNC(=O)NC2C)cc1. The lowest BCUT2D eigenvalue weighted by Crippen LogP contribution is -2.48. The number of urea groups is 1. The zero-order valence-electron chi connectivity index (χ0n) is 12.2. The summed E-state index contributed by atoms with van der Waals surface area (Å²) in [5, 5.41) is 9.13. The normalized spacial score (nSPS) is 16.9. The highest BCUT2D eigenvalue weighted by atomic mass is 16.5. The van der Waals surface area contributed by atoms with Crippen LogP contribution in [0.5, 0.6) is 0 Å². The zero-order valence-corrected chi connectivity index (χ0v) is 12.2. The molecule has 0 fully saturated rings. The monoisotopic (exact) mass is 304 g/mol. The van der Waals surface area contributed by atoms with Crippen LogP contribution in [0.1, 0.15) is 19.4 Å². The van der Waals surface area contributed by atoms with Crippen LogP contribution in [0.3, 0.4) is 0 Å². The fourth-order valence-electron chi connectivity index (χ4n) is 1.92. The van der Waals surface area contributed by atoms with Gasteiger partial charge in [-0.2, -0.15) is 5.10 Å². The van der Waals surface area contributed by atoms with Crippen molar-refractivity contribution < 1.29 is 19.1 Å². The topological polar surface area (TPSA) is 109 Å². The number of carbonyl (C=O) groups is 3. The Kier molecular flexibility index (Phi) is 4.72. The Bertz CT molecular complexity index is 624. The summed E-state index contributed by atoms with van der Waals surface area (Å²) in [4.78, 5) is 33.9. The van der Waals surface area contributed by atoms with E-state index < -0.39 is 11.9 Å². The minimum atomic E-state index is -0.927. The van der Waals surface area contributed by atoms with Crippen LogP contribution in [0.15, 0.2) is 29.4 Å². The Labute approximate surface area is 126 Å². The summed E-state index contributed by atoms with van der Waals surface area (Å²) >= 11 is 0. The Morgan fingerprint density at radius 1 is 1.32 bits per heavy atom. The van der Waals surface area contributed by atoms with Crippen LogP contribution < -0.4 is 16.1 Å². The molecule has 0 bridgehead atoms. The first-order valence-corrected chi connectivity index (χ1v) is 6.74. The molecule has 1 unspecified atom stereocenters. The Morgan fingerprint density at radius 3 is 2.59 bits per heavy atom. The van der Waals surface area contributed by atoms with Crippen LogP contribution in [-0.2, 0) is 14.3 Å². The summed E-state index contributed by atoms with van der Waals surface area (Å²) in [5.74, 6) is -1.75. The molecule has 8 nitrogen and oxygen atoms in total. The minimum Gasteiger partial charge on any atom is -0.459 e. The molecular weight excluding hydrogens is 288 g/mol. The molecule has 22 heavy (non-hydrogen) atoms. The van der Waals surface area contributed by atoms with Gasteiger partial charge in [0, 0.05) is 11.3 Å². The highest BCUT2D eigenvalue weighted by Crippen LogP contribution is 2.13. The highest BCUT2D eigenvalue weighted by Gasteiger charge is 2.20. The summed E-state index contributed by atoms with van der Waals surface area (Å²) < 4.78 is 4.60. The first-order valence-electron chi connectivity index (χ1n) is 6.74. The van der Waals surface area contributed by atoms with Crippen LogP contribution >= 0.6 is 0 Å². The molecule has 116 valence electrons. The third-order valence-electron chi connectivity index (χ3n) is 2.94. The van der Waals surface area contributed by atoms with Crippen molar-refractivity contribution in [3.63, 3.8) is 0 Å². The van der Waals surface area contributed by atoms with Crippen molar-refractivity contribution in [3.8, 4) is 0 Å². The first-order chi connectivity index (χ1) is 10.5. The van der Waals surface area contributed by atoms with E-state index in [4.69, 9.17) is 0 Å². The maximum atomic E-state index is 11.5. The number of esters is 1. The van der Waals surface area contributed by atoms with Gasteiger partial charge in [-0.3, -0.25) is 4.79 Å². The zero-order chi connectivity index (χ0) is 16.1. The van der Waals surface area contributed by atoms with E-state index in [0.717, 1.165) is 5.56 Å². The van der Waals surface area contributed by atoms with E-state index in [9.17, 15) is 14.4 Å². The largest absolute Gasteiger partial charge is 0.459 e. The lowest BCUT2D eigenvalue weighted by molar-refractivity contribution is -0.152. The highest BCUT2D eigenvalue weighted by molar-refractivity contribution is 6.37. The molecular formula is C14H16N4O4. The summed E-state index contributed by atoms with van der Waals surface area (Å²) in [7, 11) is 0. The second kappa shape index (κ2) is 6.70. The van der Waals surface area contributed by atoms with Crippen molar-refractivity contribution in [2.45, 2.75) is 19.9 Å². The van der Waals surface area contributed by atoms with Crippen molar-refractivity contribution in [1.29, 1.82) is 0 Å². The molecule has 1 heterocycles. The van der Waals surface area contributed by atoms with E-state index in [1.165, 1.54) is 0 Å². The number of rotatable bonds is 3. The van der Waals surface area contributed by atoms with Gasteiger partial charge in [0.1, 0.15) is 0 Å². The van der Waals surface area contributed by atoms with Gasteiger partial charge in [0.15, 0.2) is 0 Å². The number of hydrogen-bond donors (Lipinski definition) is 3. The fraction of sp³-hybridized carbons (Fsp3) is 0.286. The fourth-order valence-corrected chi connectivity index (χ4v) is 1.92. The third-order valence-corrected chi connectivity index (χ3v) is 2.94. The number of anilines is 1. The molecule has 0 saturated carbocycles. The molecule has 8 heteroatoms. The molecule has 0 saturated heterocycles. The van der Waals surface area contributed by atoms with Gasteiger partial charge in [-0.05, 0) is 26.0 Å². The summed E-state index contributed by atoms with van der Waals surface area (Å²) in [6.45, 7) is 3.58. The van der Waals surface area contributed by atoms with Crippen molar-refractivity contribution in [3.05, 3.63) is 29.8 Å². The molecule has 0 aromatic heterocycles. The standard InChI is InChI=1S/C14H16N4O4/c1-3-22-13(20)12(19)16-10-6-4-9(5-7-10)11-8(2)15-14(21)18-17-11/h4-8H,3H2,1-2H3,(H,16,19)(H2,15,18,21). The van der Waals surface area contributed by atoms with E-state index in [1.807, 2.05) is 6.92 Å². The molecule has 0 aliphatic carbocycles. The Morgan fingerprint density at radius 2 is 2.00 bits per heavy atom. The van der Waals surface area contributed by atoms with Crippen LogP contribution in [0.4, 0.5) is 10.5 Å². The molecule has 0 radical (unpaired) electrons. The quantitative estimate of drug-likeness (QED) is 0.561. The Balaban J connectivity index is 2.06. The Hall–Kier alpha value is -2.90. The van der Waals surface area contributed by atoms with Gasteiger partial charge in [-0.25, -0.2) is 15.0 Å². The second-order valence-corrected chi connectivity index (χ2v) is 4.56. The number of hydrogen-bond acceptors (Lipinski definition) is 5. The predicted octanol–water partition coefficient (Wildman–Crippen LogP) is 0.594. The number of nitrogens with zero attached hydrogens (tertiary/aromatic N) is 1. The maximum absolute atomic E-state index is 11.5. The molecule has 3 amide bonds. The van der Waals surface area contributed by atoms with Gasteiger partial charge in [0.25, 0.3) is 0 Å². The van der Waals surface area contributed by atoms with Crippen molar-refractivity contribution in [1.82, 2.24) is 10.7 Å². The number of ether oxygens (including phenoxy) is 1. The van der Waals surface area contributed by atoms with Crippen molar-refractivity contribution in [2.75, 3.05) is 11.9 Å². The molecule has 1 atom stereocenters. The number of carbonyl (C=O) groups excluding carboxylic acids is 3. The summed E-state index contributed by atoms with van der Waals surface area (Å²) in [5.41, 5.74) is 4.26. The summed E-state index contributed by atoms with van der Waals surface area (Å²) in [6.07, 6.45) is 0. The number of amides is 3. The summed E-state index contributed by atoms with van der Waals surface area (Å²) in [6, 6.07) is 6.16. The lowest BCUT2D eigenvalue weighted by Gasteiger charge is -2.21. The number of hydrazone groups is 1.